The lowest BCUT2D eigenvalue weighted by atomic mass is 9.64. The van der Waals surface area contributed by atoms with Gasteiger partial charge in [-0.25, -0.2) is 0 Å². The van der Waals surface area contributed by atoms with Crippen LogP contribution in [0.1, 0.15) is 13.8 Å². The van der Waals surface area contributed by atoms with Gasteiger partial charge < -0.3 is 9.31 Å². The van der Waals surface area contributed by atoms with Crippen molar-refractivity contribution in [3.8, 4) is 11.5 Å². The average Bonchev–Trinajstić information content (AvgIpc) is 2.41. The van der Waals surface area contributed by atoms with Crippen LogP contribution < -0.4 is 9.31 Å². The summed E-state index contributed by atoms with van der Waals surface area (Å²) in [6, 6.07) is 7.73. The Bertz CT molecular complexity index is 257. The number of para-hydroxylation sites is 2. The molecule has 0 amide bonds. The summed E-state index contributed by atoms with van der Waals surface area (Å²) in [5.74, 6) is 1.72. The topological polar surface area (TPSA) is 18.5 Å². The van der Waals surface area contributed by atoms with E-state index >= 15 is 0 Å². The first kappa shape index (κ1) is 9.97. The van der Waals surface area contributed by atoms with Gasteiger partial charge in [-0.15, -0.1) is 13.6 Å². The first-order valence-electron chi connectivity index (χ1n) is 4.86. The van der Waals surface area contributed by atoms with Crippen LogP contribution in [0.25, 0.3) is 0 Å². The summed E-state index contributed by atoms with van der Waals surface area (Å²) in [7, 11) is 0. The van der Waals surface area contributed by atoms with E-state index in [2.05, 4.69) is 0 Å². The van der Waals surface area contributed by atoms with Gasteiger partial charge in [0.15, 0.2) is 0 Å². The second-order valence-corrected chi connectivity index (χ2v) is 3.30. The predicted molar refractivity (Wildman–Crippen MR) is 56.5 cm³/mol. The van der Waals surface area contributed by atoms with E-state index in [1.54, 1.807) is 0 Å². The van der Waals surface area contributed by atoms with Gasteiger partial charge in [-0.1, -0.05) is 26.0 Å². The van der Waals surface area contributed by atoms with Crippen molar-refractivity contribution in [1.82, 2.24) is 0 Å². The van der Waals surface area contributed by atoms with Crippen LogP contribution in [0, 0.1) is 0 Å². The lowest BCUT2D eigenvalue weighted by molar-refractivity contribution is 0.474. The van der Waals surface area contributed by atoms with E-state index < -0.39 is 6.55 Å². The number of rotatable bonds is 0. The number of hydrogen-bond donors (Lipinski definition) is 0. The largest absolute Gasteiger partial charge is 0.681 e. The number of hydrogen-bond acceptors (Lipinski definition) is 2. The minimum absolute atomic E-state index is 0.859. The molecule has 1 aliphatic rings. The van der Waals surface area contributed by atoms with E-state index in [1.807, 2.05) is 51.8 Å². The molecule has 72 valence electrons. The summed E-state index contributed by atoms with van der Waals surface area (Å²) in [6.45, 7) is 6.81. The Hall–Kier alpha value is -1.12. The maximum Gasteiger partial charge on any atom is 0.340 e. The Balaban J connectivity index is 0.000000396. The molecule has 3 heteroatoms. The second kappa shape index (κ2) is 3.73. The summed E-state index contributed by atoms with van der Waals surface area (Å²) in [4.78, 5) is 0. The minimum Gasteiger partial charge on any atom is -0.681 e. The maximum absolute atomic E-state index is 5.53. The van der Waals surface area contributed by atoms with Crippen molar-refractivity contribution in [2.75, 3.05) is 0 Å². The molecule has 0 radical (unpaired) electrons. The molecule has 2 nitrogen and oxygen atoms in total. The summed E-state index contributed by atoms with van der Waals surface area (Å²) in [5.41, 5.74) is 0. The number of fused-ring (bicyclic) bond motifs is 1. The Labute approximate surface area is 79.8 Å². The van der Waals surface area contributed by atoms with Gasteiger partial charge in [0.1, 0.15) is 11.5 Å². The lowest BCUT2D eigenvalue weighted by Gasteiger charge is -2.24. The monoisotopic (exact) mass is 179 g/mol. The van der Waals surface area contributed by atoms with E-state index in [-0.39, 0.29) is 0 Å². The Morgan fingerprint density at radius 1 is 0.923 bits per heavy atom. The van der Waals surface area contributed by atoms with Gasteiger partial charge in [0.05, 0.1) is 0 Å². The molecule has 13 heavy (non-hydrogen) atoms. The standard InChI is InChI=1S/C8H10BO2.C2H6/c1-9(2)10-7-5-3-4-6-8(7)11-9;1-2/h3-6H,1-2H3;1-2H3/q-1;. The molecular formula is C10H16BO2-. The normalized spacial score (nSPS) is 16.0. The number of benzene rings is 1. The van der Waals surface area contributed by atoms with Crippen LogP contribution in [-0.2, 0) is 0 Å². The average molecular weight is 179 g/mol. The van der Waals surface area contributed by atoms with E-state index in [9.17, 15) is 0 Å². The van der Waals surface area contributed by atoms with Crippen molar-refractivity contribution in [3.05, 3.63) is 24.3 Å². The fourth-order valence-corrected chi connectivity index (χ4v) is 1.28. The molecule has 0 unspecified atom stereocenters. The summed E-state index contributed by atoms with van der Waals surface area (Å²) in [6.07, 6.45) is 0. The third-order valence-electron chi connectivity index (χ3n) is 1.67. The summed E-state index contributed by atoms with van der Waals surface area (Å²) in [5, 5.41) is 0. The van der Waals surface area contributed by atoms with Gasteiger partial charge in [0.2, 0.25) is 0 Å². The Kier molecular flexibility index (Phi) is 2.86. The maximum atomic E-state index is 5.53. The van der Waals surface area contributed by atoms with E-state index in [0.717, 1.165) is 11.5 Å². The van der Waals surface area contributed by atoms with Crippen LogP contribution >= 0.6 is 0 Å². The van der Waals surface area contributed by atoms with Gasteiger partial charge in [0, 0.05) is 0 Å². The SMILES string of the molecule is CC.C[B-]1(C)Oc2ccccc2O1. The third kappa shape index (κ3) is 2.17. The van der Waals surface area contributed by atoms with Crippen molar-refractivity contribution in [3.63, 3.8) is 0 Å². The highest BCUT2D eigenvalue weighted by molar-refractivity contribution is 6.67. The van der Waals surface area contributed by atoms with Gasteiger partial charge in [-0.2, -0.15) is 0 Å². The van der Waals surface area contributed by atoms with E-state index in [0.29, 0.717) is 0 Å². The summed E-state index contributed by atoms with van der Waals surface area (Å²) < 4.78 is 11.1. The lowest BCUT2D eigenvalue weighted by Crippen LogP contribution is -2.36. The molecular weight excluding hydrogens is 163 g/mol. The van der Waals surface area contributed by atoms with Crippen molar-refractivity contribution in [2.45, 2.75) is 27.5 Å². The highest BCUT2D eigenvalue weighted by Gasteiger charge is 2.25. The zero-order valence-electron chi connectivity index (χ0n) is 8.70. The van der Waals surface area contributed by atoms with Crippen LogP contribution in [0.4, 0.5) is 0 Å². The van der Waals surface area contributed by atoms with E-state index in [1.165, 1.54) is 0 Å². The zero-order chi connectivity index (χ0) is 9.90. The quantitative estimate of drug-likeness (QED) is 0.569. The van der Waals surface area contributed by atoms with Gasteiger partial charge in [-0.3, -0.25) is 0 Å². The fraction of sp³-hybridized carbons (Fsp3) is 0.400. The Morgan fingerprint density at radius 3 is 1.69 bits per heavy atom. The van der Waals surface area contributed by atoms with Crippen LogP contribution in [0.3, 0.4) is 0 Å². The molecule has 0 spiro atoms. The fourth-order valence-electron chi connectivity index (χ4n) is 1.28. The van der Waals surface area contributed by atoms with Crippen LogP contribution in [-0.4, -0.2) is 6.55 Å². The van der Waals surface area contributed by atoms with Crippen molar-refractivity contribution in [1.29, 1.82) is 0 Å². The molecule has 0 atom stereocenters. The minimum atomic E-state index is -1.10. The molecule has 1 aromatic rings. The molecule has 2 rings (SSSR count). The molecule has 0 aliphatic carbocycles. The van der Waals surface area contributed by atoms with Crippen molar-refractivity contribution < 1.29 is 9.31 Å². The van der Waals surface area contributed by atoms with Crippen LogP contribution in [0.15, 0.2) is 24.3 Å². The molecule has 1 aromatic carbocycles. The van der Waals surface area contributed by atoms with Crippen LogP contribution in [0.5, 0.6) is 11.5 Å². The zero-order valence-corrected chi connectivity index (χ0v) is 8.70. The van der Waals surface area contributed by atoms with Crippen molar-refractivity contribution >= 4 is 6.55 Å². The molecule has 0 saturated heterocycles. The van der Waals surface area contributed by atoms with Gasteiger partial charge in [-0.05, 0) is 12.1 Å². The third-order valence-corrected chi connectivity index (χ3v) is 1.67. The predicted octanol–water partition coefficient (Wildman–Crippen LogP) is 3.19. The molecule has 1 heterocycles. The molecule has 0 N–H and O–H groups in total. The molecule has 0 aromatic heterocycles. The van der Waals surface area contributed by atoms with E-state index in [4.69, 9.17) is 9.31 Å². The second-order valence-electron chi connectivity index (χ2n) is 3.30. The highest BCUT2D eigenvalue weighted by Crippen LogP contribution is 2.36. The molecule has 0 fully saturated rings. The highest BCUT2D eigenvalue weighted by atomic mass is 16.6. The molecule has 0 bridgehead atoms. The first-order chi connectivity index (χ1) is 6.17. The first-order valence-corrected chi connectivity index (χ1v) is 4.86. The Morgan fingerprint density at radius 2 is 1.31 bits per heavy atom. The molecule has 0 saturated carbocycles. The molecule has 1 aliphatic heterocycles. The van der Waals surface area contributed by atoms with Gasteiger partial charge in [0.25, 0.3) is 0 Å². The van der Waals surface area contributed by atoms with Crippen molar-refractivity contribution in [2.24, 2.45) is 0 Å². The van der Waals surface area contributed by atoms with Gasteiger partial charge >= 0.3 is 6.55 Å². The van der Waals surface area contributed by atoms with Crippen LogP contribution in [0.2, 0.25) is 13.6 Å². The summed E-state index contributed by atoms with van der Waals surface area (Å²) >= 11 is 0. The smallest absolute Gasteiger partial charge is 0.340 e.